The van der Waals surface area contributed by atoms with E-state index in [0.29, 0.717) is 0 Å². The third-order valence-electron chi connectivity index (χ3n) is 1.95. The molecule has 1 heterocycles. The lowest BCUT2D eigenvalue weighted by atomic mass is 10.3. The molecule has 0 saturated carbocycles. The molecular weight excluding hydrogens is 254 g/mol. The highest BCUT2D eigenvalue weighted by atomic mass is 32.2. The quantitative estimate of drug-likeness (QED) is 0.473. The number of rotatable bonds is 5. The summed E-state index contributed by atoms with van der Waals surface area (Å²) in [6, 6.07) is 7.92. The molecule has 17 heavy (non-hydrogen) atoms. The van der Waals surface area contributed by atoms with Gasteiger partial charge in [-0.25, -0.2) is 4.98 Å². The van der Waals surface area contributed by atoms with Crippen molar-refractivity contribution in [2.24, 2.45) is 0 Å². The minimum atomic E-state index is -0.242. The zero-order chi connectivity index (χ0) is 12.1. The fourth-order valence-corrected chi connectivity index (χ4v) is 3.09. The van der Waals surface area contributed by atoms with Crippen LogP contribution in [0.3, 0.4) is 0 Å². The van der Waals surface area contributed by atoms with Gasteiger partial charge in [0.15, 0.2) is 4.34 Å². The van der Waals surface area contributed by atoms with Crippen LogP contribution in [0.1, 0.15) is 0 Å². The summed E-state index contributed by atoms with van der Waals surface area (Å²) in [5, 5.41) is 0. The summed E-state index contributed by atoms with van der Waals surface area (Å²) in [7, 11) is 0. The number of esters is 1. The summed E-state index contributed by atoms with van der Waals surface area (Å²) >= 11 is 2.99. The molecule has 0 fully saturated rings. The fraction of sp³-hybridized carbons (Fsp3) is 0.167. The second-order valence-electron chi connectivity index (χ2n) is 3.21. The Morgan fingerprint density at radius 2 is 2.35 bits per heavy atom. The number of ether oxygens (including phenoxy) is 1. The smallest absolute Gasteiger partial charge is 0.316 e. The molecule has 1 aromatic heterocycles. The number of hydrogen-bond acceptors (Lipinski definition) is 5. The first-order valence-electron chi connectivity index (χ1n) is 5.04. The van der Waals surface area contributed by atoms with E-state index in [-0.39, 0.29) is 18.3 Å². The van der Waals surface area contributed by atoms with Gasteiger partial charge >= 0.3 is 5.97 Å². The van der Waals surface area contributed by atoms with E-state index in [2.05, 4.69) is 11.6 Å². The van der Waals surface area contributed by atoms with Gasteiger partial charge in [-0.05, 0) is 12.1 Å². The predicted octanol–water partition coefficient (Wildman–Crippen LogP) is 3.12. The molecule has 2 aromatic rings. The van der Waals surface area contributed by atoms with Gasteiger partial charge < -0.3 is 4.74 Å². The van der Waals surface area contributed by atoms with Crippen LogP contribution in [0.15, 0.2) is 41.3 Å². The largest absolute Gasteiger partial charge is 0.461 e. The highest BCUT2D eigenvalue weighted by Crippen LogP contribution is 2.29. The molecule has 3 nitrogen and oxygen atoms in total. The van der Waals surface area contributed by atoms with Gasteiger partial charge in [-0.15, -0.1) is 11.3 Å². The van der Waals surface area contributed by atoms with Gasteiger partial charge in [0, 0.05) is 0 Å². The SMILES string of the molecule is C=CCOC(=O)CSc1nc2ccccc2s1. The molecule has 0 unspecified atom stereocenters. The Hall–Kier alpha value is -1.33. The Balaban J connectivity index is 1.94. The molecule has 0 atom stereocenters. The van der Waals surface area contributed by atoms with E-state index < -0.39 is 0 Å². The zero-order valence-corrected chi connectivity index (χ0v) is 10.7. The van der Waals surface area contributed by atoms with Crippen LogP contribution < -0.4 is 0 Å². The highest BCUT2D eigenvalue weighted by molar-refractivity contribution is 8.01. The molecule has 0 spiro atoms. The number of benzene rings is 1. The standard InChI is InChI=1S/C12H11NO2S2/c1-2-7-15-11(14)8-16-12-13-9-5-3-4-6-10(9)17-12/h2-6H,1,7-8H2. The third kappa shape index (κ3) is 3.31. The Kier molecular flexibility index (Phi) is 4.17. The number of thiazole rings is 1. The lowest BCUT2D eigenvalue weighted by Crippen LogP contribution is -2.06. The summed E-state index contributed by atoms with van der Waals surface area (Å²) in [6.07, 6.45) is 1.56. The molecule has 88 valence electrons. The number of fused-ring (bicyclic) bond motifs is 1. The van der Waals surface area contributed by atoms with Crippen LogP contribution in [-0.4, -0.2) is 23.3 Å². The average molecular weight is 265 g/mol. The second kappa shape index (κ2) is 5.84. The second-order valence-corrected chi connectivity index (χ2v) is 5.46. The van der Waals surface area contributed by atoms with Gasteiger partial charge in [-0.3, -0.25) is 4.79 Å². The Bertz CT molecular complexity index is 503. The molecule has 1 aromatic carbocycles. The van der Waals surface area contributed by atoms with Crippen LogP contribution in [0.4, 0.5) is 0 Å². The Labute approximate surface area is 108 Å². The topological polar surface area (TPSA) is 39.2 Å². The number of thioether (sulfide) groups is 1. The molecule has 0 aliphatic heterocycles. The molecule has 0 bridgehead atoms. The molecule has 0 radical (unpaired) electrons. The number of nitrogens with zero attached hydrogens (tertiary/aromatic N) is 1. The van der Waals surface area contributed by atoms with Crippen molar-refractivity contribution in [1.82, 2.24) is 4.98 Å². The van der Waals surface area contributed by atoms with E-state index in [1.54, 1.807) is 17.4 Å². The van der Waals surface area contributed by atoms with E-state index in [9.17, 15) is 4.79 Å². The Morgan fingerprint density at radius 3 is 3.12 bits per heavy atom. The van der Waals surface area contributed by atoms with Crippen LogP contribution in [0.25, 0.3) is 10.2 Å². The summed E-state index contributed by atoms with van der Waals surface area (Å²) < 4.78 is 6.91. The molecule has 5 heteroatoms. The van der Waals surface area contributed by atoms with Gasteiger partial charge in [0.05, 0.1) is 16.0 Å². The first-order chi connectivity index (χ1) is 8.29. The third-order valence-corrected chi connectivity index (χ3v) is 4.10. The number of hydrogen-bond donors (Lipinski definition) is 0. The molecule has 2 rings (SSSR count). The van der Waals surface area contributed by atoms with Gasteiger partial charge in [0.2, 0.25) is 0 Å². The van der Waals surface area contributed by atoms with Crippen LogP contribution in [0, 0.1) is 0 Å². The number of aromatic nitrogens is 1. The molecular formula is C12H11NO2S2. The lowest BCUT2D eigenvalue weighted by Gasteiger charge is -1.98. The van der Waals surface area contributed by atoms with Crippen LogP contribution in [0.2, 0.25) is 0 Å². The van der Waals surface area contributed by atoms with Crippen LogP contribution in [0.5, 0.6) is 0 Å². The van der Waals surface area contributed by atoms with Crippen molar-refractivity contribution >= 4 is 39.3 Å². The minimum Gasteiger partial charge on any atom is -0.461 e. The fourth-order valence-electron chi connectivity index (χ4n) is 1.23. The first-order valence-corrected chi connectivity index (χ1v) is 6.84. The predicted molar refractivity (Wildman–Crippen MR) is 71.5 cm³/mol. The zero-order valence-electron chi connectivity index (χ0n) is 9.09. The van der Waals surface area contributed by atoms with Crippen molar-refractivity contribution in [2.45, 2.75) is 4.34 Å². The Morgan fingerprint density at radius 1 is 1.53 bits per heavy atom. The van der Waals surface area contributed by atoms with Gasteiger partial charge in [-0.2, -0.15) is 0 Å². The van der Waals surface area contributed by atoms with Gasteiger partial charge in [-0.1, -0.05) is 36.5 Å². The minimum absolute atomic E-state index is 0.242. The molecule has 0 aliphatic carbocycles. The first kappa shape index (κ1) is 12.1. The highest BCUT2D eigenvalue weighted by Gasteiger charge is 2.07. The van der Waals surface area contributed by atoms with Crippen molar-refractivity contribution in [3.8, 4) is 0 Å². The number of carbonyl (C=O) groups is 1. The van der Waals surface area contributed by atoms with Crippen LogP contribution in [-0.2, 0) is 9.53 Å². The van der Waals surface area contributed by atoms with E-state index in [1.165, 1.54) is 11.8 Å². The summed E-state index contributed by atoms with van der Waals surface area (Å²) in [5.41, 5.74) is 0.972. The van der Waals surface area contributed by atoms with Gasteiger partial charge in [0.25, 0.3) is 0 Å². The molecule has 0 saturated heterocycles. The summed E-state index contributed by atoms with van der Waals surface area (Å²) in [5.74, 6) is 0.0439. The van der Waals surface area contributed by atoms with Crippen LogP contribution >= 0.6 is 23.1 Å². The van der Waals surface area contributed by atoms with E-state index in [0.717, 1.165) is 14.6 Å². The molecule has 0 aliphatic rings. The van der Waals surface area contributed by atoms with Gasteiger partial charge in [0.1, 0.15) is 6.61 Å². The van der Waals surface area contributed by atoms with Crippen molar-refractivity contribution in [3.63, 3.8) is 0 Å². The molecule has 0 amide bonds. The van der Waals surface area contributed by atoms with Crippen molar-refractivity contribution in [1.29, 1.82) is 0 Å². The maximum atomic E-state index is 11.3. The summed E-state index contributed by atoms with van der Waals surface area (Å²) in [6.45, 7) is 3.75. The van der Waals surface area contributed by atoms with E-state index in [4.69, 9.17) is 4.74 Å². The number of para-hydroxylation sites is 1. The van der Waals surface area contributed by atoms with Crippen molar-refractivity contribution < 1.29 is 9.53 Å². The van der Waals surface area contributed by atoms with Crippen molar-refractivity contribution in [3.05, 3.63) is 36.9 Å². The average Bonchev–Trinajstić information content (AvgIpc) is 2.76. The number of carbonyl (C=O) groups excluding carboxylic acids is 1. The van der Waals surface area contributed by atoms with E-state index in [1.807, 2.05) is 24.3 Å². The van der Waals surface area contributed by atoms with Crippen molar-refractivity contribution in [2.75, 3.05) is 12.4 Å². The monoisotopic (exact) mass is 265 g/mol. The maximum Gasteiger partial charge on any atom is 0.316 e. The summed E-state index contributed by atoms with van der Waals surface area (Å²) in [4.78, 5) is 15.7. The molecule has 0 N–H and O–H groups in total. The lowest BCUT2D eigenvalue weighted by molar-refractivity contribution is -0.139. The maximum absolute atomic E-state index is 11.3. The van der Waals surface area contributed by atoms with E-state index >= 15 is 0 Å². The normalized spacial score (nSPS) is 10.4.